The van der Waals surface area contributed by atoms with Gasteiger partial charge >= 0.3 is 0 Å². The number of ether oxygens (including phenoxy) is 2. The molecule has 4 atom stereocenters. The van der Waals surface area contributed by atoms with Crippen molar-refractivity contribution >= 4 is 40.6 Å². The number of amides is 1. The number of carbonyl (C=O) groups is 3. The Morgan fingerprint density at radius 3 is 2.51 bits per heavy atom. The molecule has 0 bridgehead atoms. The molecule has 1 N–H and O–H groups in total. The van der Waals surface area contributed by atoms with Gasteiger partial charge in [-0.15, -0.1) is 11.3 Å². The van der Waals surface area contributed by atoms with E-state index in [1.54, 1.807) is 31.4 Å². The van der Waals surface area contributed by atoms with Crippen LogP contribution >= 0.6 is 11.3 Å². The molecule has 204 valence electrons. The molecular formula is C33H26N2O5S. The summed E-state index contributed by atoms with van der Waals surface area (Å²) in [5.74, 6) is -1.06. The van der Waals surface area contributed by atoms with Crippen molar-refractivity contribution in [3.63, 3.8) is 0 Å². The fourth-order valence-corrected chi connectivity index (χ4v) is 7.60. The van der Waals surface area contributed by atoms with E-state index in [0.717, 1.165) is 11.1 Å². The average Bonchev–Trinajstić information content (AvgIpc) is 3.73. The van der Waals surface area contributed by atoms with E-state index in [-0.39, 0.29) is 23.0 Å². The van der Waals surface area contributed by atoms with Crippen LogP contribution in [0.15, 0.2) is 90.4 Å². The normalized spacial score (nSPS) is 23.5. The first-order valence-electron chi connectivity index (χ1n) is 13.3. The number of fused-ring (bicyclic) bond motifs is 6. The zero-order valence-corrected chi connectivity index (χ0v) is 23.2. The van der Waals surface area contributed by atoms with Gasteiger partial charge in [0.1, 0.15) is 23.0 Å². The molecule has 0 saturated carbocycles. The summed E-state index contributed by atoms with van der Waals surface area (Å²) in [6.07, 6.45) is 3.82. The molecule has 1 fully saturated rings. The summed E-state index contributed by atoms with van der Waals surface area (Å²) < 4.78 is 11.0. The van der Waals surface area contributed by atoms with E-state index in [1.165, 1.54) is 18.4 Å². The fourth-order valence-electron chi connectivity index (χ4n) is 6.90. The predicted molar refractivity (Wildman–Crippen MR) is 157 cm³/mol. The van der Waals surface area contributed by atoms with Crippen molar-refractivity contribution in [3.05, 3.63) is 118 Å². The maximum Gasteiger partial charge on any atom is 0.238 e. The minimum absolute atomic E-state index is 0.200. The topological polar surface area (TPSA) is 84.9 Å². The highest BCUT2D eigenvalue weighted by atomic mass is 32.1. The predicted octanol–water partition coefficient (Wildman–Crippen LogP) is 5.75. The highest BCUT2D eigenvalue weighted by Gasteiger charge is 2.71. The molecular weight excluding hydrogens is 536 g/mol. The van der Waals surface area contributed by atoms with Gasteiger partial charge in [0.05, 0.1) is 36.6 Å². The standard InChI is InChI=1S/C33H26N2O5S/c1-39-20-13-14-22(25(18-20)40-2)29(36)27-28(30(37)26-12-7-17-41-26)35-16-15-19-8-3-4-9-21(19)31(35)33(27)23-10-5-6-11-24(23)34-32(33)38/h3-18,27-28,31H,1-2H3,(H,34,38)/t27-,28+,31-,33-/m0/s1. The third-order valence-corrected chi connectivity index (χ3v) is 9.44. The largest absolute Gasteiger partial charge is 0.497 e. The molecule has 3 aromatic carbocycles. The van der Waals surface area contributed by atoms with Crippen LogP contribution in [0, 0.1) is 5.92 Å². The number of carbonyl (C=O) groups excluding carboxylic acids is 3. The van der Waals surface area contributed by atoms with E-state index >= 15 is 0 Å². The van der Waals surface area contributed by atoms with Crippen LogP contribution in [0.2, 0.25) is 0 Å². The van der Waals surface area contributed by atoms with Crippen molar-refractivity contribution in [2.45, 2.75) is 17.5 Å². The van der Waals surface area contributed by atoms with Gasteiger partial charge in [-0.25, -0.2) is 0 Å². The molecule has 8 heteroatoms. The van der Waals surface area contributed by atoms with Gasteiger partial charge in [-0.2, -0.15) is 0 Å². The van der Waals surface area contributed by atoms with Crippen molar-refractivity contribution < 1.29 is 23.9 Å². The summed E-state index contributed by atoms with van der Waals surface area (Å²) in [5.41, 5.74) is 2.09. The Hall–Kier alpha value is -4.69. The molecule has 1 saturated heterocycles. The van der Waals surface area contributed by atoms with E-state index in [9.17, 15) is 14.4 Å². The van der Waals surface area contributed by atoms with Crippen LogP contribution in [-0.2, 0) is 10.2 Å². The van der Waals surface area contributed by atoms with Gasteiger partial charge < -0.3 is 19.7 Å². The van der Waals surface area contributed by atoms with Gasteiger partial charge in [0.25, 0.3) is 0 Å². The summed E-state index contributed by atoms with van der Waals surface area (Å²) in [7, 11) is 3.03. The fraction of sp³-hybridized carbons (Fsp3) is 0.182. The lowest BCUT2D eigenvalue weighted by Crippen LogP contribution is -2.49. The second-order valence-corrected chi connectivity index (χ2v) is 11.3. The van der Waals surface area contributed by atoms with Gasteiger partial charge in [-0.3, -0.25) is 14.4 Å². The quantitative estimate of drug-likeness (QED) is 0.302. The summed E-state index contributed by atoms with van der Waals surface area (Å²) >= 11 is 1.33. The summed E-state index contributed by atoms with van der Waals surface area (Å²) in [6.45, 7) is 0. The van der Waals surface area contributed by atoms with Crippen LogP contribution < -0.4 is 14.8 Å². The Bertz CT molecular complexity index is 1750. The highest BCUT2D eigenvalue weighted by molar-refractivity contribution is 7.12. The second kappa shape index (κ2) is 9.45. The molecule has 1 amide bonds. The van der Waals surface area contributed by atoms with Crippen LogP contribution in [0.3, 0.4) is 0 Å². The lowest BCUT2D eigenvalue weighted by Gasteiger charge is -2.38. The SMILES string of the molecule is COc1ccc(C(=O)[C@@H]2[C@H](C(=O)c3cccs3)N3C=Cc4ccccc4[C@H]3[C@@]23C(=O)Nc2ccccc23)c(OC)c1. The smallest absolute Gasteiger partial charge is 0.238 e. The summed E-state index contributed by atoms with van der Waals surface area (Å²) in [6, 6.07) is 22.4. The number of rotatable bonds is 6. The Balaban J connectivity index is 1.54. The van der Waals surface area contributed by atoms with Gasteiger partial charge in [0.2, 0.25) is 5.91 Å². The molecule has 0 aliphatic carbocycles. The maximum atomic E-state index is 15.0. The number of methoxy groups -OCH3 is 2. The third-order valence-electron chi connectivity index (χ3n) is 8.56. The zero-order valence-electron chi connectivity index (χ0n) is 22.4. The Labute approximate surface area is 241 Å². The van der Waals surface area contributed by atoms with E-state index < -0.39 is 23.4 Å². The summed E-state index contributed by atoms with van der Waals surface area (Å²) in [5, 5.41) is 4.91. The lowest BCUT2D eigenvalue weighted by molar-refractivity contribution is -0.122. The molecule has 4 heterocycles. The van der Waals surface area contributed by atoms with Crippen LogP contribution in [-0.4, -0.2) is 42.6 Å². The molecule has 3 aliphatic heterocycles. The van der Waals surface area contributed by atoms with Gasteiger partial charge in [-0.05, 0) is 52.4 Å². The molecule has 1 aromatic heterocycles. The van der Waals surface area contributed by atoms with E-state index in [2.05, 4.69) is 5.32 Å². The van der Waals surface area contributed by atoms with Crippen molar-refractivity contribution in [1.29, 1.82) is 0 Å². The van der Waals surface area contributed by atoms with Gasteiger partial charge in [0, 0.05) is 18.0 Å². The Morgan fingerprint density at radius 1 is 0.927 bits per heavy atom. The number of hydrogen-bond donors (Lipinski definition) is 1. The molecule has 4 aromatic rings. The number of Topliss-reactive ketones (excluding diaryl/α,β-unsaturated/α-hetero) is 2. The number of ketones is 2. The second-order valence-electron chi connectivity index (χ2n) is 10.4. The number of nitrogens with zero attached hydrogens (tertiary/aromatic N) is 1. The van der Waals surface area contributed by atoms with Crippen LogP contribution in [0.25, 0.3) is 6.08 Å². The molecule has 0 radical (unpaired) electrons. The van der Waals surface area contributed by atoms with Crippen molar-refractivity contribution in [3.8, 4) is 11.5 Å². The van der Waals surface area contributed by atoms with Crippen molar-refractivity contribution in [1.82, 2.24) is 4.90 Å². The Kier molecular flexibility index (Phi) is 5.83. The maximum absolute atomic E-state index is 15.0. The van der Waals surface area contributed by atoms with E-state index in [1.807, 2.05) is 77.2 Å². The molecule has 3 aliphatic rings. The van der Waals surface area contributed by atoms with Crippen molar-refractivity contribution in [2.75, 3.05) is 19.5 Å². The average molecular weight is 563 g/mol. The van der Waals surface area contributed by atoms with E-state index in [4.69, 9.17) is 9.47 Å². The number of nitrogens with one attached hydrogen (secondary N) is 1. The van der Waals surface area contributed by atoms with Crippen LogP contribution in [0.5, 0.6) is 11.5 Å². The summed E-state index contributed by atoms with van der Waals surface area (Å²) in [4.78, 5) is 46.4. The molecule has 7 nitrogen and oxygen atoms in total. The number of hydrogen-bond acceptors (Lipinski definition) is 7. The van der Waals surface area contributed by atoms with Gasteiger partial charge in [-0.1, -0.05) is 48.5 Å². The first-order chi connectivity index (χ1) is 20.0. The lowest BCUT2D eigenvalue weighted by atomic mass is 9.62. The van der Waals surface area contributed by atoms with Crippen LogP contribution in [0.4, 0.5) is 5.69 Å². The number of benzene rings is 3. The third kappa shape index (κ3) is 3.47. The number of anilines is 1. The number of para-hydroxylation sites is 1. The Morgan fingerprint density at radius 2 is 1.73 bits per heavy atom. The molecule has 7 rings (SSSR count). The highest BCUT2D eigenvalue weighted by Crippen LogP contribution is 2.62. The van der Waals surface area contributed by atoms with E-state index in [0.29, 0.717) is 27.6 Å². The minimum Gasteiger partial charge on any atom is -0.497 e. The van der Waals surface area contributed by atoms with Gasteiger partial charge in [0.15, 0.2) is 11.6 Å². The number of thiophene rings is 1. The zero-order chi connectivity index (χ0) is 28.3. The monoisotopic (exact) mass is 562 g/mol. The first kappa shape index (κ1) is 25.3. The molecule has 0 unspecified atom stereocenters. The van der Waals surface area contributed by atoms with Crippen molar-refractivity contribution in [2.24, 2.45) is 5.92 Å². The first-order valence-corrected chi connectivity index (χ1v) is 14.2. The minimum atomic E-state index is -1.39. The van der Waals surface area contributed by atoms with Crippen LogP contribution in [0.1, 0.15) is 42.8 Å². The molecule has 1 spiro atoms. The molecule has 41 heavy (non-hydrogen) atoms.